The Balaban J connectivity index is 1.24. The number of rotatable bonds is 11. The van der Waals surface area contributed by atoms with E-state index in [1.807, 2.05) is 48.3 Å². The highest BCUT2D eigenvalue weighted by molar-refractivity contribution is 7.99. The number of nitrogens with one attached hydrogen (secondary N) is 1. The molecular weight excluding hydrogens is 453 g/mol. The number of aromatic nitrogens is 3. The molecule has 2 heterocycles. The maximum absolute atomic E-state index is 13.0. The highest BCUT2D eigenvalue weighted by atomic mass is 32.2. The molecule has 0 amide bonds. The number of aromatic amines is 1. The van der Waals surface area contributed by atoms with Gasteiger partial charge in [0.25, 0.3) is 0 Å². The third-order valence-electron chi connectivity index (χ3n) is 5.55. The summed E-state index contributed by atoms with van der Waals surface area (Å²) in [6, 6.07) is 14.8. The molecule has 0 saturated carbocycles. The minimum Gasteiger partial charge on any atom is -0.497 e. The number of thioether (sulfide) groups is 2. The van der Waals surface area contributed by atoms with E-state index in [1.54, 1.807) is 31.0 Å². The molecular formula is C26H28FN3OS2. The molecule has 0 radical (unpaired) electrons. The molecule has 2 aromatic heterocycles. The van der Waals surface area contributed by atoms with Crippen molar-refractivity contribution < 1.29 is 9.13 Å². The number of aryl methyl sites for hydroxylation is 1. The second kappa shape index (κ2) is 11.6. The highest BCUT2D eigenvalue weighted by Gasteiger charge is 2.10. The van der Waals surface area contributed by atoms with Gasteiger partial charge >= 0.3 is 0 Å². The van der Waals surface area contributed by atoms with Gasteiger partial charge < -0.3 is 9.72 Å². The van der Waals surface area contributed by atoms with Crippen LogP contribution in [-0.2, 0) is 12.2 Å². The van der Waals surface area contributed by atoms with Crippen LogP contribution in [0.2, 0.25) is 0 Å². The quantitative estimate of drug-likeness (QED) is 0.181. The fourth-order valence-electron chi connectivity index (χ4n) is 3.60. The van der Waals surface area contributed by atoms with Crippen molar-refractivity contribution in [1.82, 2.24) is 15.0 Å². The summed E-state index contributed by atoms with van der Waals surface area (Å²) in [7, 11) is 1.67. The van der Waals surface area contributed by atoms with Gasteiger partial charge in [0.2, 0.25) is 0 Å². The van der Waals surface area contributed by atoms with E-state index in [0.717, 1.165) is 52.0 Å². The number of pyridine rings is 1. The first-order chi connectivity index (χ1) is 16.1. The lowest BCUT2D eigenvalue weighted by Crippen LogP contribution is -1.95. The molecule has 1 N–H and O–H groups in total. The molecule has 4 rings (SSSR count). The van der Waals surface area contributed by atoms with Crippen LogP contribution in [0.5, 0.6) is 5.75 Å². The summed E-state index contributed by atoms with van der Waals surface area (Å²) in [6.07, 6.45) is 6.39. The number of H-pyrrole nitrogens is 1. The van der Waals surface area contributed by atoms with Gasteiger partial charge in [-0.25, -0.2) is 9.37 Å². The van der Waals surface area contributed by atoms with Gasteiger partial charge in [0.05, 0.1) is 23.8 Å². The summed E-state index contributed by atoms with van der Waals surface area (Å²) in [5.41, 5.74) is 5.47. The van der Waals surface area contributed by atoms with Gasteiger partial charge in [-0.3, -0.25) is 4.98 Å². The fraction of sp³-hybridized carbons (Fsp3) is 0.308. The summed E-state index contributed by atoms with van der Waals surface area (Å²) in [4.78, 5) is 13.9. The summed E-state index contributed by atoms with van der Waals surface area (Å²) in [5.74, 6) is 2.51. The number of fused-ring (bicyclic) bond motifs is 1. The maximum atomic E-state index is 13.0. The van der Waals surface area contributed by atoms with Crippen molar-refractivity contribution in [2.24, 2.45) is 0 Å². The number of halogens is 1. The van der Waals surface area contributed by atoms with Gasteiger partial charge in [0.15, 0.2) is 5.16 Å². The monoisotopic (exact) mass is 481 g/mol. The van der Waals surface area contributed by atoms with E-state index < -0.39 is 0 Å². The van der Waals surface area contributed by atoms with Crippen molar-refractivity contribution in [2.45, 2.75) is 48.4 Å². The zero-order valence-corrected chi connectivity index (χ0v) is 20.6. The molecule has 4 nitrogen and oxygen atoms in total. The Morgan fingerprint density at radius 2 is 1.85 bits per heavy atom. The second-order valence-corrected chi connectivity index (χ2v) is 9.98. The van der Waals surface area contributed by atoms with E-state index in [0.29, 0.717) is 0 Å². The van der Waals surface area contributed by atoms with E-state index in [2.05, 4.69) is 27.9 Å². The van der Waals surface area contributed by atoms with Crippen molar-refractivity contribution >= 4 is 34.6 Å². The number of benzene rings is 2. The Bertz CT molecular complexity index is 1190. The SMILES string of the molecule is COc1ccc2nc(SCc3nccc(SCCCCCc4ccc(F)cc4)c3C)[nH]c2c1. The molecule has 0 saturated heterocycles. The predicted molar refractivity (Wildman–Crippen MR) is 136 cm³/mol. The van der Waals surface area contributed by atoms with Crippen LogP contribution in [0.4, 0.5) is 4.39 Å². The fourth-order valence-corrected chi connectivity index (χ4v) is 5.57. The number of hydrogen-bond donors (Lipinski definition) is 1. The normalized spacial score (nSPS) is 11.2. The Hall–Kier alpha value is -2.51. The van der Waals surface area contributed by atoms with Crippen molar-refractivity contribution in [1.29, 1.82) is 0 Å². The van der Waals surface area contributed by atoms with Crippen molar-refractivity contribution in [3.8, 4) is 5.75 Å². The van der Waals surface area contributed by atoms with E-state index in [4.69, 9.17) is 4.74 Å². The number of imidazole rings is 1. The first kappa shape index (κ1) is 23.6. The molecule has 2 aromatic carbocycles. The van der Waals surface area contributed by atoms with E-state index in [-0.39, 0.29) is 5.82 Å². The van der Waals surface area contributed by atoms with E-state index in [1.165, 1.54) is 28.9 Å². The molecule has 7 heteroatoms. The smallest absolute Gasteiger partial charge is 0.166 e. The summed E-state index contributed by atoms with van der Waals surface area (Å²) in [6.45, 7) is 2.16. The summed E-state index contributed by atoms with van der Waals surface area (Å²) in [5, 5.41) is 0.888. The molecule has 172 valence electrons. The van der Waals surface area contributed by atoms with Crippen LogP contribution in [0, 0.1) is 12.7 Å². The number of unbranched alkanes of at least 4 members (excludes halogenated alkanes) is 2. The van der Waals surface area contributed by atoms with E-state index in [9.17, 15) is 4.39 Å². The molecule has 0 aliphatic heterocycles. The average Bonchev–Trinajstić information content (AvgIpc) is 3.24. The molecule has 4 aromatic rings. The lowest BCUT2D eigenvalue weighted by Gasteiger charge is -2.09. The van der Waals surface area contributed by atoms with Gasteiger partial charge in [-0.2, -0.15) is 0 Å². The standard InChI is InChI=1S/C26H28FN3OS2/c1-18-24(17-33-26-29-22-12-11-21(31-2)16-23(22)30-26)28-14-13-25(18)32-15-5-3-4-6-19-7-9-20(27)10-8-19/h7-14,16H,3-6,15,17H2,1-2H3,(H,29,30). The van der Waals surface area contributed by atoms with Crippen LogP contribution in [0.25, 0.3) is 11.0 Å². The Morgan fingerprint density at radius 1 is 1.00 bits per heavy atom. The van der Waals surface area contributed by atoms with Gasteiger partial charge in [-0.1, -0.05) is 30.3 Å². The molecule has 0 unspecified atom stereocenters. The van der Waals surface area contributed by atoms with Crippen LogP contribution in [-0.4, -0.2) is 27.8 Å². The predicted octanol–water partition coefficient (Wildman–Crippen LogP) is 7.21. The first-order valence-corrected chi connectivity index (χ1v) is 13.1. The summed E-state index contributed by atoms with van der Waals surface area (Å²) >= 11 is 3.57. The number of methoxy groups -OCH3 is 1. The lowest BCUT2D eigenvalue weighted by atomic mass is 10.1. The lowest BCUT2D eigenvalue weighted by molar-refractivity contribution is 0.415. The summed E-state index contributed by atoms with van der Waals surface area (Å²) < 4.78 is 18.3. The van der Waals surface area contributed by atoms with Crippen molar-refractivity contribution in [2.75, 3.05) is 12.9 Å². The Labute approximate surface area is 202 Å². The van der Waals surface area contributed by atoms with Crippen LogP contribution in [0.15, 0.2) is 64.8 Å². The van der Waals surface area contributed by atoms with Crippen molar-refractivity contribution in [3.63, 3.8) is 0 Å². The highest BCUT2D eigenvalue weighted by Crippen LogP contribution is 2.29. The minimum absolute atomic E-state index is 0.168. The zero-order valence-electron chi connectivity index (χ0n) is 18.9. The number of ether oxygens (including phenoxy) is 1. The largest absolute Gasteiger partial charge is 0.497 e. The molecule has 33 heavy (non-hydrogen) atoms. The van der Waals surface area contributed by atoms with Crippen LogP contribution >= 0.6 is 23.5 Å². The van der Waals surface area contributed by atoms with Gasteiger partial charge in [-0.15, -0.1) is 11.8 Å². The molecule has 0 aliphatic rings. The van der Waals surface area contributed by atoms with Gasteiger partial charge in [0, 0.05) is 22.9 Å². The topological polar surface area (TPSA) is 50.8 Å². The maximum Gasteiger partial charge on any atom is 0.166 e. The van der Waals surface area contributed by atoms with Crippen LogP contribution in [0.3, 0.4) is 0 Å². The van der Waals surface area contributed by atoms with Crippen LogP contribution < -0.4 is 4.74 Å². The third-order valence-corrected chi connectivity index (χ3v) is 7.68. The molecule has 0 spiro atoms. The Morgan fingerprint density at radius 3 is 2.67 bits per heavy atom. The first-order valence-electron chi connectivity index (χ1n) is 11.1. The average molecular weight is 482 g/mol. The minimum atomic E-state index is -0.168. The van der Waals surface area contributed by atoms with Crippen LogP contribution in [0.1, 0.15) is 36.1 Å². The zero-order chi connectivity index (χ0) is 23.0. The van der Waals surface area contributed by atoms with Crippen molar-refractivity contribution in [3.05, 3.63) is 77.4 Å². The molecule has 0 atom stereocenters. The number of nitrogens with zero attached hydrogens (tertiary/aromatic N) is 2. The number of hydrogen-bond acceptors (Lipinski definition) is 5. The Kier molecular flexibility index (Phi) is 8.29. The van der Waals surface area contributed by atoms with E-state index >= 15 is 0 Å². The third kappa shape index (κ3) is 6.51. The molecule has 0 aliphatic carbocycles. The molecule has 0 fully saturated rings. The van der Waals surface area contributed by atoms with Gasteiger partial charge in [0.1, 0.15) is 11.6 Å². The van der Waals surface area contributed by atoms with Gasteiger partial charge in [-0.05, 0) is 73.4 Å². The second-order valence-electron chi connectivity index (χ2n) is 7.88. The molecule has 0 bridgehead atoms.